The van der Waals surface area contributed by atoms with E-state index < -0.39 is 5.92 Å². The van der Waals surface area contributed by atoms with Crippen molar-refractivity contribution in [2.75, 3.05) is 6.54 Å². The highest BCUT2D eigenvalue weighted by molar-refractivity contribution is 5.81. The molecule has 0 spiro atoms. The van der Waals surface area contributed by atoms with Gasteiger partial charge in [0.1, 0.15) is 11.7 Å². The van der Waals surface area contributed by atoms with Crippen LogP contribution in [0, 0.1) is 17.2 Å². The molecule has 1 amide bonds. The van der Waals surface area contributed by atoms with Gasteiger partial charge in [0, 0.05) is 13.0 Å². The van der Waals surface area contributed by atoms with Crippen molar-refractivity contribution < 1.29 is 9.21 Å². The van der Waals surface area contributed by atoms with E-state index in [1.807, 2.05) is 13.0 Å². The molecule has 0 aromatic carbocycles. The van der Waals surface area contributed by atoms with Gasteiger partial charge in [-0.05, 0) is 18.6 Å². The second-order valence-corrected chi connectivity index (χ2v) is 3.26. The number of hydrogen-bond donors (Lipinski definition) is 1. The zero-order chi connectivity index (χ0) is 11.1. The number of carbonyl (C=O) groups excluding carboxylic acids is 1. The predicted molar refractivity (Wildman–Crippen MR) is 54.8 cm³/mol. The summed E-state index contributed by atoms with van der Waals surface area (Å²) in [5.41, 5.74) is 0. The molecule has 0 fully saturated rings. The highest BCUT2D eigenvalue weighted by Gasteiger charge is 2.18. The van der Waals surface area contributed by atoms with Gasteiger partial charge < -0.3 is 9.73 Å². The smallest absolute Gasteiger partial charge is 0.237 e. The first-order chi connectivity index (χ1) is 7.27. The Morgan fingerprint density at radius 1 is 1.73 bits per heavy atom. The molecule has 1 unspecified atom stereocenters. The number of nitriles is 1. The summed E-state index contributed by atoms with van der Waals surface area (Å²) in [6.45, 7) is 2.57. The van der Waals surface area contributed by atoms with Gasteiger partial charge in [-0.3, -0.25) is 4.79 Å². The molecule has 1 aromatic heterocycles. The van der Waals surface area contributed by atoms with E-state index in [0.29, 0.717) is 18.7 Å². The summed E-state index contributed by atoms with van der Waals surface area (Å²) in [7, 11) is 0. The molecule has 0 saturated heterocycles. The predicted octanol–water partition coefficient (Wildman–Crippen LogP) is 1.49. The van der Waals surface area contributed by atoms with E-state index in [0.717, 1.165) is 6.42 Å². The number of furan rings is 1. The number of amides is 1. The molecular formula is C11H14N2O2. The molecule has 0 bridgehead atoms. The maximum atomic E-state index is 11.5. The minimum absolute atomic E-state index is 0.226. The Morgan fingerprint density at radius 3 is 3.07 bits per heavy atom. The van der Waals surface area contributed by atoms with E-state index in [9.17, 15) is 4.79 Å². The van der Waals surface area contributed by atoms with E-state index >= 15 is 0 Å². The van der Waals surface area contributed by atoms with Crippen LogP contribution in [0.4, 0.5) is 0 Å². The summed E-state index contributed by atoms with van der Waals surface area (Å²) >= 11 is 0. The first kappa shape index (κ1) is 11.3. The molecule has 4 heteroatoms. The topological polar surface area (TPSA) is 66.0 Å². The first-order valence-electron chi connectivity index (χ1n) is 4.97. The fraction of sp³-hybridized carbons (Fsp3) is 0.455. The Kier molecular flexibility index (Phi) is 4.42. The van der Waals surface area contributed by atoms with Crippen LogP contribution in [0.15, 0.2) is 22.8 Å². The van der Waals surface area contributed by atoms with Gasteiger partial charge in [-0.25, -0.2) is 0 Å². The van der Waals surface area contributed by atoms with E-state index in [2.05, 4.69) is 5.32 Å². The fourth-order valence-electron chi connectivity index (χ4n) is 1.20. The second kappa shape index (κ2) is 5.86. The summed E-state index contributed by atoms with van der Waals surface area (Å²) in [5.74, 6) is -0.230. The Labute approximate surface area is 88.9 Å². The fourth-order valence-corrected chi connectivity index (χ4v) is 1.20. The van der Waals surface area contributed by atoms with Crippen LogP contribution >= 0.6 is 0 Å². The highest BCUT2D eigenvalue weighted by atomic mass is 16.3. The lowest BCUT2D eigenvalue weighted by atomic mass is 10.0. The zero-order valence-corrected chi connectivity index (χ0v) is 8.69. The number of nitrogens with zero attached hydrogens (tertiary/aromatic N) is 1. The molecule has 80 valence electrons. The van der Waals surface area contributed by atoms with Crippen LogP contribution in [0.25, 0.3) is 0 Å². The van der Waals surface area contributed by atoms with E-state index in [4.69, 9.17) is 9.68 Å². The van der Waals surface area contributed by atoms with Crippen molar-refractivity contribution in [3.63, 3.8) is 0 Å². The highest BCUT2D eigenvalue weighted by Crippen LogP contribution is 2.08. The van der Waals surface area contributed by atoms with Gasteiger partial charge in [0.25, 0.3) is 0 Å². The number of carbonyl (C=O) groups is 1. The monoisotopic (exact) mass is 206 g/mol. The standard InChI is InChI=1S/C11H14N2O2/c1-2-5-13-11(14)9(8-12)7-10-4-3-6-15-10/h3-4,6,9H,2,5,7H2,1H3,(H,13,14). The Balaban J connectivity index is 2.49. The molecule has 1 rings (SSSR count). The van der Waals surface area contributed by atoms with Gasteiger partial charge >= 0.3 is 0 Å². The lowest BCUT2D eigenvalue weighted by Crippen LogP contribution is -2.31. The number of hydrogen-bond acceptors (Lipinski definition) is 3. The van der Waals surface area contributed by atoms with E-state index in [1.165, 1.54) is 6.26 Å². The van der Waals surface area contributed by atoms with Crippen molar-refractivity contribution in [1.29, 1.82) is 5.26 Å². The van der Waals surface area contributed by atoms with Gasteiger partial charge in [0.2, 0.25) is 5.91 Å². The Hall–Kier alpha value is -1.76. The van der Waals surface area contributed by atoms with Gasteiger partial charge in [-0.15, -0.1) is 0 Å². The van der Waals surface area contributed by atoms with Gasteiger partial charge in [-0.1, -0.05) is 6.92 Å². The summed E-state index contributed by atoms with van der Waals surface area (Å²) in [5, 5.41) is 11.5. The largest absolute Gasteiger partial charge is 0.469 e. The Bertz CT molecular complexity index is 338. The average molecular weight is 206 g/mol. The Morgan fingerprint density at radius 2 is 2.53 bits per heavy atom. The SMILES string of the molecule is CCCNC(=O)C(C#N)Cc1ccco1. The molecular weight excluding hydrogens is 192 g/mol. The molecule has 1 atom stereocenters. The average Bonchev–Trinajstić information content (AvgIpc) is 2.75. The van der Waals surface area contributed by atoms with Crippen LogP contribution in [0.2, 0.25) is 0 Å². The number of rotatable bonds is 5. The van der Waals surface area contributed by atoms with Gasteiger partial charge in [0.15, 0.2) is 0 Å². The molecule has 0 aliphatic rings. The van der Waals surface area contributed by atoms with Crippen LogP contribution < -0.4 is 5.32 Å². The molecule has 15 heavy (non-hydrogen) atoms. The summed E-state index contributed by atoms with van der Waals surface area (Å²) in [6.07, 6.45) is 2.73. The molecule has 1 aromatic rings. The summed E-state index contributed by atoms with van der Waals surface area (Å²) in [4.78, 5) is 11.5. The number of nitrogens with one attached hydrogen (secondary N) is 1. The minimum atomic E-state index is -0.664. The molecule has 1 heterocycles. The molecule has 0 aliphatic carbocycles. The molecule has 0 radical (unpaired) electrons. The summed E-state index contributed by atoms with van der Waals surface area (Å²) in [6, 6.07) is 5.48. The molecule has 0 saturated carbocycles. The molecule has 1 N–H and O–H groups in total. The maximum absolute atomic E-state index is 11.5. The van der Waals surface area contributed by atoms with Crippen molar-refractivity contribution in [1.82, 2.24) is 5.32 Å². The zero-order valence-electron chi connectivity index (χ0n) is 8.69. The van der Waals surface area contributed by atoms with Crippen molar-refractivity contribution in [2.45, 2.75) is 19.8 Å². The first-order valence-corrected chi connectivity index (χ1v) is 4.97. The van der Waals surface area contributed by atoms with Crippen LogP contribution in [0.1, 0.15) is 19.1 Å². The third kappa shape index (κ3) is 3.47. The van der Waals surface area contributed by atoms with Crippen molar-refractivity contribution >= 4 is 5.91 Å². The van der Waals surface area contributed by atoms with Gasteiger partial charge in [0.05, 0.1) is 12.3 Å². The maximum Gasteiger partial charge on any atom is 0.237 e. The normalized spacial score (nSPS) is 11.7. The second-order valence-electron chi connectivity index (χ2n) is 3.26. The summed E-state index contributed by atoms with van der Waals surface area (Å²) < 4.78 is 5.09. The van der Waals surface area contributed by atoms with Crippen LogP contribution in [0.5, 0.6) is 0 Å². The van der Waals surface area contributed by atoms with Crippen LogP contribution in [0.3, 0.4) is 0 Å². The third-order valence-corrected chi connectivity index (χ3v) is 2.01. The van der Waals surface area contributed by atoms with Crippen LogP contribution in [-0.4, -0.2) is 12.5 Å². The minimum Gasteiger partial charge on any atom is -0.469 e. The van der Waals surface area contributed by atoms with Crippen molar-refractivity contribution in [2.24, 2.45) is 5.92 Å². The lowest BCUT2D eigenvalue weighted by Gasteiger charge is -2.07. The third-order valence-electron chi connectivity index (χ3n) is 2.01. The quantitative estimate of drug-likeness (QED) is 0.793. The van der Waals surface area contributed by atoms with Crippen molar-refractivity contribution in [3.05, 3.63) is 24.2 Å². The van der Waals surface area contributed by atoms with E-state index in [-0.39, 0.29) is 5.91 Å². The van der Waals surface area contributed by atoms with E-state index in [1.54, 1.807) is 12.1 Å². The van der Waals surface area contributed by atoms with Crippen LogP contribution in [-0.2, 0) is 11.2 Å². The lowest BCUT2D eigenvalue weighted by molar-refractivity contribution is -0.123. The van der Waals surface area contributed by atoms with Crippen molar-refractivity contribution in [3.8, 4) is 6.07 Å². The van der Waals surface area contributed by atoms with Gasteiger partial charge in [-0.2, -0.15) is 5.26 Å². The molecule has 4 nitrogen and oxygen atoms in total. The molecule has 0 aliphatic heterocycles.